The van der Waals surface area contributed by atoms with Gasteiger partial charge >= 0.3 is 0 Å². The van der Waals surface area contributed by atoms with Crippen molar-refractivity contribution < 1.29 is 28.2 Å². The largest absolute Gasteiger partial charge is 0.493 e. The fourth-order valence-corrected chi connectivity index (χ4v) is 3.06. The first kappa shape index (κ1) is 21.8. The highest BCUT2D eigenvalue weighted by Gasteiger charge is 2.19. The summed E-state index contributed by atoms with van der Waals surface area (Å²) >= 11 is 0. The van der Waals surface area contributed by atoms with E-state index < -0.39 is 11.8 Å². The van der Waals surface area contributed by atoms with E-state index in [0.717, 1.165) is 16.9 Å². The molecule has 0 bridgehead atoms. The lowest BCUT2D eigenvalue weighted by Crippen LogP contribution is -2.18. The summed E-state index contributed by atoms with van der Waals surface area (Å²) in [6, 6.07) is 11.9. The molecule has 3 N–H and O–H groups in total. The van der Waals surface area contributed by atoms with Crippen molar-refractivity contribution in [1.82, 2.24) is 0 Å². The maximum Gasteiger partial charge on any atom is 0.291 e. The molecule has 31 heavy (non-hydrogen) atoms. The summed E-state index contributed by atoms with van der Waals surface area (Å²) in [6.45, 7) is 4.14. The van der Waals surface area contributed by atoms with Gasteiger partial charge in [-0.05, 0) is 43.7 Å². The number of hydrogen-bond donors (Lipinski definition) is 2. The Balaban J connectivity index is 1.74. The number of hydrogen-bond acceptors (Lipinski definition) is 6. The molecule has 0 fully saturated rings. The maximum absolute atomic E-state index is 12.7. The number of ether oxygens (including phenoxy) is 3. The third kappa shape index (κ3) is 4.98. The van der Waals surface area contributed by atoms with Gasteiger partial charge in [0, 0.05) is 6.07 Å². The lowest BCUT2D eigenvalue weighted by Gasteiger charge is -2.13. The Morgan fingerprint density at radius 3 is 2.32 bits per heavy atom. The van der Waals surface area contributed by atoms with E-state index in [1.165, 1.54) is 32.4 Å². The summed E-state index contributed by atoms with van der Waals surface area (Å²) in [5.74, 6) is 0.662. The zero-order valence-corrected chi connectivity index (χ0v) is 17.8. The standard InChI is InChI=1S/C23H24N2O6/c1-13-5-7-18(14(2)9-13)30-12-15-6-8-19(31-15)23(27)25-17-11-21(29-4)20(28-3)10-16(17)22(24)26/h5-11H,12H2,1-4H3,(H2,24,26)(H,25,27). The van der Waals surface area contributed by atoms with Gasteiger partial charge in [0.1, 0.15) is 18.1 Å². The van der Waals surface area contributed by atoms with Gasteiger partial charge < -0.3 is 29.7 Å². The molecule has 8 heteroatoms. The molecule has 0 aliphatic heterocycles. The van der Waals surface area contributed by atoms with Gasteiger partial charge in [0.15, 0.2) is 17.3 Å². The van der Waals surface area contributed by atoms with Gasteiger partial charge in [-0.25, -0.2) is 0 Å². The molecule has 0 aliphatic rings. The molecular formula is C23H24N2O6. The second-order valence-corrected chi connectivity index (χ2v) is 6.89. The minimum atomic E-state index is -0.724. The lowest BCUT2D eigenvalue weighted by molar-refractivity contribution is 0.0992. The topological polar surface area (TPSA) is 113 Å². The average molecular weight is 424 g/mol. The Hall–Kier alpha value is -3.94. The van der Waals surface area contributed by atoms with Crippen molar-refractivity contribution in [1.29, 1.82) is 0 Å². The van der Waals surface area contributed by atoms with Gasteiger partial charge in [0.2, 0.25) is 0 Å². The van der Waals surface area contributed by atoms with Gasteiger partial charge in [0.05, 0.1) is 25.5 Å². The number of primary amides is 1. The van der Waals surface area contributed by atoms with E-state index in [4.69, 9.17) is 24.4 Å². The molecule has 0 aliphatic carbocycles. The van der Waals surface area contributed by atoms with Gasteiger partial charge in [-0.2, -0.15) is 0 Å². The molecular weight excluding hydrogens is 400 g/mol. The molecule has 3 rings (SSSR count). The molecule has 8 nitrogen and oxygen atoms in total. The van der Waals surface area contributed by atoms with Crippen molar-refractivity contribution in [3.63, 3.8) is 0 Å². The van der Waals surface area contributed by atoms with Crippen molar-refractivity contribution in [3.8, 4) is 17.2 Å². The fourth-order valence-electron chi connectivity index (χ4n) is 3.06. The fraction of sp³-hybridized carbons (Fsp3) is 0.217. The van der Waals surface area contributed by atoms with Crippen LogP contribution >= 0.6 is 0 Å². The minimum absolute atomic E-state index is 0.0597. The van der Waals surface area contributed by atoms with Gasteiger partial charge in [-0.15, -0.1) is 0 Å². The number of amides is 2. The Morgan fingerprint density at radius 2 is 1.68 bits per heavy atom. The second kappa shape index (κ2) is 9.25. The zero-order chi connectivity index (χ0) is 22.5. The lowest BCUT2D eigenvalue weighted by atomic mass is 10.1. The Labute approximate surface area is 179 Å². The number of benzene rings is 2. The van der Waals surface area contributed by atoms with E-state index in [1.807, 2.05) is 32.0 Å². The van der Waals surface area contributed by atoms with Crippen LogP contribution < -0.4 is 25.3 Å². The SMILES string of the molecule is COc1cc(NC(=O)c2ccc(COc3ccc(C)cc3C)o2)c(C(N)=O)cc1OC. The molecule has 0 atom stereocenters. The first-order valence-electron chi connectivity index (χ1n) is 9.48. The number of aryl methyl sites for hydroxylation is 2. The highest BCUT2D eigenvalue weighted by Crippen LogP contribution is 2.33. The van der Waals surface area contributed by atoms with E-state index >= 15 is 0 Å². The first-order valence-corrected chi connectivity index (χ1v) is 9.48. The molecule has 162 valence electrons. The smallest absolute Gasteiger partial charge is 0.291 e. The van der Waals surface area contributed by atoms with Crippen LogP contribution in [-0.2, 0) is 6.61 Å². The Morgan fingerprint density at radius 1 is 0.968 bits per heavy atom. The number of carbonyl (C=O) groups excluding carboxylic acids is 2. The molecule has 1 aromatic heterocycles. The third-order valence-corrected chi connectivity index (χ3v) is 4.62. The number of anilines is 1. The number of carbonyl (C=O) groups is 2. The number of nitrogens with two attached hydrogens (primary N) is 1. The second-order valence-electron chi connectivity index (χ2n) is 6.89. The van der Waals surface area contributed by atoms with Crippen LogP contribution in [0.25, 0.3) is 0 Å². The van der Waals surface area contributed by atoms with Crippen molar-refractivity contribution in [3.05, 3.63) is 70.7 Å². The van der Waals surface area contributed by atoms with Crippen molar-refractivity contribution in [2.45, 2.75) is 20.5 Å². The number of furan rings is 1. The van der Waals surface area contributed by atoms with Crippen LogP contribution in [0.15, 0.2) is 46.9 Å². The molecule has 1 heterocycles. The molecule has 0 saturated heterocycles. The number of methoxy groups -OCH3 is 2. The maximum atomic E-state index is 12.7. The van der Waals surface area contributed by atoms with E-state index in [1.54, 1.807) is 6.07 Å². The Kier molecular flexibility index (Phi) is 6.49. The number of rotatable bonds is 8. The quantitative estimate of drug-likeness (QED) is 0.568. The average Bonchev–Trinajstić information content (AvgIpc) is 3.21. The normalized spacial score (nSPS) is 10.5. The molecule has 0 unspecified atom stereocenters. The summed E-state index contributed by atoms with van der Waals surface area (Å²) in [5, 5.41) is 2.63. The van der Waals surface area contributed by atoms with Gasteiger partial charge in [0.25, 0.3) is 11.8 Å². The molecule has 0 radical (unpaired) electrons. The summed E-state index contributed by atoms with van der Waals surface area (Å²) in [5.41, 5.74) is 7.85. The molecule has 0 saturated carbocycles. The van der Waals surface area contributed by atoms with Crippen LogP contribution in [-0.4, -0.2) is 26.0 Å². The third-order valence-electron chi connectivity index (χ3n) is 4.62. The molecule has 0 spiro atoms. The highest BCUT2D eigenvalue weighted by atomic mass is 16.5. The van der Waals surface area contributed by atoms with E-state index in [0.29, 0.717) is 17.3 Å². The van der Waals surface area contributed by atoms with Crippen LogP contribution in [0.2, 0.25) is 0 Å². The summed E-state index contributed by atoms with van der Waals surface area (Å²) in [4.78, 5) is 24.5. The number of nitrogens with one attached hydrogen (secondary N) is 1. The Bertz CT molecular complexity index is 1120. The van der Waals surface area contributed by atoms with Gasteiger partial charge in [-0.3, -0.25) is 9.59 Å². The predicted molar refractivity (Wildman–Crippen MR) is 115 cm³/mol. The van der Waals surface area contributed by atoms with Crippen molar-refractivity contribution >= 4 is 17.5 Å². The van der Waals surface area contributed by atoms with Crippen LogP contribution in [0.1, 0.15) is 37.8 Å². The molecule has 2 amide bonds. The van der Waals surface area contributed by atoms with Crippen LogP contribution in [0.4, 0.5) is 5.69 Å². The van der Waals surface area contributed by atoms with Crippen LogP contribution in [0.5, 0.6) is 17.2 Å². The monoisotopic (exact) mass is 424 g/mol. The van der Waals surface area contributed by atoms with Gasteiger partial charge in [-0.1, -0.05) is 17.7 Å². The summed E-state index contributed by atoms with van der Waals surface area (Å²) in [6.07, 6.45) is 0. The van der Waals surface area contributed by atoms with Crippen molar-refractivity contribution in [2.75, 3.05) is 19.5 Å². The van der Waals surface area contributed by atoms with E-state index in [-0.39, 0.29) is 23.6 Å². The molecule has 3 aromatic rings. The zero-order valence-electron chi connectivity index (χ0n) is 17.8. The van der Waals surface area contributed by atoms with E-state index in [9.17, 15) is 9.59 Å². The summed E-state index contributed by atoms with van der Waals surface area (Å²) in [7, 11) is 2.88. The van der Waals surface area contributed by atoms with E-state index in [2.05, 4.69) is 5.32 Å². The van der Waals surface area contributed by atoms with Crippen molar-refractivity contribution in [2.24, 2.45) is 5.73 Å². The summed E-state index contributed by atoms with van der Waals surface area (Å²) < 4.78 is 21.8. The minimum Gasteiger partial charge on any atom is -0.493 e. The first-order chi connectivity index (χ1) is 14.8. The predicted octanol–water partition coefficient (Wildman–Crippen LogP) is 3.84. The van der Waals surface area contributed by atoms with Crippen LogP contribution in [0.3, 0.4) is 0 Å². The molecule has 2 aromatic carbocycles. The highest BCUT2D eigenvalue weighted by molar-refractivity contribution is 6.08. The van der Waals surface area contributed by atoms with Crippen LogP contribution in [0, 0.1) is 13.8 Å².